The Labute approximate surface area is 118 Å². The van der Waals surface area contributed by atoms with E-state index in [1.54, 1.807) is 18.3 Å². The summed E-state index contributed by atoms with van der Waals surface area (Å²) in [6.45, 7) is 7.67. The van der Waals surface area contributed by atoms with Crippen LogP contribution in [0.1, 0.15) is 33.3 Å². The highest BCUT2D eigenvalue weighted by atomic mass is 16.7. The van der Waals surface area contributed by atoms with Crippen molar-refractivity contribution in [2.24, 2.45) is 0 Å². The standard InChI is InChI=1S/C14H20BNO4/c1-13(2)14(3,4)20-15(19-13)11(9-17)7-10-5-6-12(18)16-8-10/h5-8,17H,9H2,1-4H3,(H,16,18). The fourth-order valence-corrected chi connectivity index (χ4v) is 1.91. The highest BCUT2D eigenvalue weighted by Crippen LogP contribution is 2.38. The van der Waals surface area contributed by atoms with Crippen LogP contribution >= 0.6 is 0 Å². The number of aromatic nitrogens is 1. The van der Waals surface area contributed by atoms with Crippen molar-refractivity contribution in [1.82, 2.24) is 4.98 Å². The van der Waals surface area contributed by atoms with Crippen molar-refractivity contribution in [3.63, 3.8) is 0 Å². The summed E-state index contributed by atoms with van der Waals surface area (Å²) in [6.07, 6.45) is 3.35. The molecule has 0 aliphatic carbocycles. The lowest BCUT2D eigenvalue weighted by Gasteiger charge is -2.32. The molecule has 1 aromatic rings. The van der Waals surface area contributed by atoms with Crippen LogP contribution < -0.4 is 5.56 Å². The molecule has 1 aliphatic rings. The molecule has 1 aromatic heterocycles. The fraction of sp³-hybridized carbons (Fsp3) is 0.500. The molecule has 6 heteroatoms. The fourth-order valence-electron chi connectivity index (χ4n) is 1.91. The maximum Gasteiger partial charge on any atom is 0.492 e. The molecule has 0 amide bonds. The van der Waals surface area contributed by atoms with Crippen LogP contribution in [0.25, 0.3) is 6.08 Å². The molecule has 0 bridgehead atoms. The van der Waals surface area contributed by atoms with E-state index in [2.05, 4.69) is 4.98 Å². The maximum atomic E-state index is 11.0. The van der Waals surface area contributed by atoms with E-state index in [0.717, 1.165) is 5.56 Å². The Balaban J connectivity index is 2.26. The molecular weight excluding hydrogens is 257 g/mol. The lowest BCUT2D eigenvalue weighted by Crippen LogP contribution is -2.41. The van der Waals surface area contributed by atoms with Crippen molar-refractivity contribution >= 4 is 13.2 Å². The van der Waals surface area contributed by atoms with Gasteiger partial charge in [0.2, 0.25) is 5.56 Å². The Morgan fingerprint density at radius 3 is 2.35 bits per heavy atom. The van der Waals surface area contributed by atoms with Crippen LogP contribution in [-0.2, 0) is 9.31 Å². The molecule has 0 atom stereocenters. The van der Waals surface area contributed by atoms with Gasteiger partial charge in [0.1, 0.15) is 0 Å². The normalized spacial score (nSPS) is 21.2. The Hall–Kier alpha value is -1.37. The van der Waals surface area contributed by atoms with Crippen LogP contribution in [0.2, 0.25) is 0 Å². The van der Waals surface area contributed by atoms with E-state index >= 15 is 0 Å². The number of H-pyrrole nitrogens is 1. The molecule has 5 nitrogen and oxygen atoms in total. The number of nitrogens with one attached hydrogen (secondary N) is 1. The molecule has 1 saturated heterocycles. The van der Waals surface area contributed by atoms with E-state index < -0.39 is 18.3 Å². The highest BCUT2D eigenvalue weighted by Gasteiger charge is 2.52. The predicted octanol–water partition coefficient (Wildman–Crippen LogP) is 1.38. The Bertz CT molecular complexity index is 540. The largest absolute Gasteiger partial charge is 0.492 e. The van der Waals surface area contributed by atoms with Gasteiger partial charge in [-0.15, -0.1) is 0 Å². The second-order valence-electron chi connectivity index (χ2n) is 5.95. The number of hydrogen-bond donors (Lipinski definition) is 2. The number of hydrogen-bond acceptors (Lipinski definition) is 4. The van der Waals surface area contributed by atoms with Crippen LogP contribution in [0, 0.1) is 0 Å². The van der Waals surface area contributed by atoms with E-state index in [0.29, 0.717) is 5.47 Å². The second-order valence-corrected chi connectivity index (χ2v) is 5.95. The highest BCUT2D eigenvalue weighted by molar-refractivity contribution is 6.55. The van der Waals surface area contributed by atoms with Crippen molar-refractivity contribution in [1.29, 1.82) is 0 Å². The molecule has 0 unspecified atom stereocenters. The zero-order chi connectivity index (χ0) is 15.0. The number of aliphatic hydroxyl groups excluding tert-OH is 1. The van der Waals surface area contributed by atoms with Gasteiger partial charge in [0.05, 0.1) is 17.8 Å². The quantitative estimate of drug-likeness (QED) is 0.819. The summed E-state index contributed by atoms with van der Waals surface area (Å²) in [5, 5.41) is 9.54. The number of aliphatic hydroxyl groups is 1. The summed E-state index contributed by atoms with van der Waals surface area (Å²) in [5.74, 6) is 0. The first kappa shape index (κ1) is 15.0. The average Bonchev–Trinajstić information content (AvgIpc) is 2.57. The van der Waals surface area contributed by atoms with Crippen LogP contribution in [0.5, 0.6) is 0 Å². The first-order chi connectivity index (χ1) is 9.25. The minimum absolute atomic E-state index is 0.164. The van der Waals surface area contributed by atoms with Crippen molar-refractivity contribution < 1.29 is 14.4 Å². The Morgan fingerprint density at radius 1 is 1.30 bits per heavy atom. The van der Waals surface area contributed by atoms with Gasteiger partial charge in [-0.1, -0.05) is 6.08 Å². The summed E-state index contributed by atoms with van der Waals surface area (Å²) in [4.78, 5) is 13.6. The van der Waals surface area contributed by atoms with Gasteiger partial charge in [-0.05, 0) is 44.8 Å². The minimum atomic E-state index is -0.586. The maximum absolute atomic E-state index is 11.0. The SMILES string of the molecule is CC1(C)OB(C(=Cc2ccc(=O)[nH]c2)CO)OC1(C)C. The summed E-state index contributed by atoms with van der Waals surface area (Å²) in [5.41, 5.74) is 0.343. The smallest absolute Gasteiger partial charge is 0.400 e. The topological polar surface area (TPSA) is 71.6 Å². The molecule has 2 rings (SSSR count). The third-order valence-electron chi connectivity index (χ3n) is 3.90. The molecule has 2 heterocycles. The van der Waals surface area contributed by atoms with Crippen LogP contribution in [0.4, 0.5) is 0 Å². The van der Waals surface area contributed by atoms with Gasteiger partial charge in [0.25, 0.3) is 0 Å². The van der Waals surface area contributed by atoms with Crippen LogP contribution in [-0.4, -0.2) is 35.0 Å². The molecular formula is C14H20BNO4. The molecule has 0 radical (unpaired) electrons. The summed E-state index contributed by atoms with van der Waals surface area (Å²) in [6, 6.07) is 3.12. The van der Waals surface area contributed by atoms with E-state index in [1.165, 1.54) is 6.07 Å². The lowest BCUT2D eigenvalue weighted by atomic mass is 9.77. The van der Waals surface area contributed by atoms with Gasteiger partial charge >= 0.3 is 7.12 Å². The number of pyridine rings is 1. The predicted molar refractivity (Wildman–Crippen MR) is 78.2 cm³/mol. The zero-order valence-electron chi connectivity index (χ0n) is 12.3. The van der Waals surface area contributed by atoms with Crippen LogP contribution in [0.3, 0.4) is 0 Å². The van der Waals surface area contributed by atoms with Gasteiger partial charge in [-0.3, -0.25) is 4.79 Å². The minimum Gasteiger partial charge on any atom is -0.400 e. The summed E-state index contributed by atoms with van der Waals surface area (Å²) in [7, 11) is -0.586. The Morgan fingerprint density at radius 2 is 1.90 bits per heavy atom. The van der Waals surface area contributed by atoms with Crippen molar-refractivity contribution in [2.45, 2.75) is 38.9 Å². The molecule has 1 aliphatic heterocycles. The van der Waals surface area contributed by atoms with Gasteiger partial charge < -0.3 is 19.4 Å². The lowest BCUT2D eigenvalue weighted by molar-refractivity contribution is 0.00578. The first-order valence-electron chi connectivity index (χ1n) is 6.61. The van der Waals surface area contributed by atoms with Gasteiger partial charge in [0.15, 0.2) is 0 Å². The van der Waals surface area contributed by atoms with E-state index in [4.69, 9.17) is 9.31 Å². The Kier molecular flexibility index (Phi) is 3.91. The summed E-state index contributed by atoms with van der Waals surface area (Å²) < 4.78 is 11.8. The van der Waals surface area contributed by atoms with E-state index in [9.17, 15) is 9.90 Å². The van der Waals surface area contributed by atoms with E-state index in [1.807, 2.05) is 27.7 Å². The zero-order valence-corrected chi connectivity index (χ0v) is 12.3. The molecule has 1 fully saturated rings. The molecule has 0 saturated carbocycles. The molecule has 0 spiro atoms. The molecule has 20 heavy (non-hydrogen) atoms. The third kappa shape index (κ3) is 2.87. The third-order valence-corrected chi connectivity index (χ3v) is 3.90. The number of rotatable bonds is 3. The molecule has 108 valence electrons. The second kappa shape index (κ2) is 5.20. The number of aromatic amines is 1. The average molecular weight is 277 g/mol. The monoisotopic (exact) mass is 277 g/mol. The molecule has 0 aromatic carbocycles. The van der Waals surface area contributed by atoms with E-state index in [-0.39, 0.29) is 12.2 Å². The van der Waals surface area contributed by atoms with Gasteiger partial charge in [0, 0.05) is 12.3 Å². The van der Waals surface area contributed by atoms with Crippen molar-refractivity contribution in [3.05, 3.63) is 39.7 Å². The molecule has 2 N–H and O–H groups in total. The van der Waals surface area contributed by atoms with Crippen molar-refractivity contribution in [2.75, 3.05) is 6.61 Å². The first-order valence-corrected chi connectivity index (χ1v) is 6.61. The van der Waals surface area contributed by atoms with Gasteiger partial charge in [-0.25, -0.2) is 0 Å². The van der Waals surface area contributed by atoms with Gasteiger partial charge in [-0.2, -0.15) is 0 Å². The van der Waals surface area contributed by atoms with Crippen LogP contribution in [0.15, 0.2) is 28.6 Å². The summed E-state index contributed by atoms with van der Waals surface area (Å²) >= 11 is 0. The van der Waals surface area contributed by atoms with Crippen molar-refractivity contribution in [3.8, 4) is 0 Å².